The van der Waals surface area contributed by atoms with Crippen LogP contribution in [0.5, 0.6) is 0 Å². The van der Waals surface area contributed by atoms with Crippen LogP contribution >= 0.6 is 11.8 Å². The summed E-state index contributed by atoms with van der Waals surface area (Å²) in [6.07, 6.45) is 2.67. The number of rotatable bonds is 21. The Bertz CT molecular complexity index is 1250. The molecule has 1 unspecified atom stereocenters. The molecule has 1 saturated heterocycles. The van der Waals surface area contributed by atoms with E-state index < -0.39 is 4.93 Å². The van der Waals surface area contributed by atoms with Gasteiger partial charge in [-0.3, -0.25) is 29.0 Å². The number of hydrogen-bond acceptors (Lipinski definition) is 9. The fourth-order valence-corrected chi connectivity index (χ4v) is 6.90. The average Bonchev–Trinajstić information content (AvgIpc) is 3.65. The number of nitrogens with zero attached hydrogens (tertiary/aromatic N) is 2. The van der Waals surface area contributed by atoms with Gasteiger partial charge in [0.25, 0.3) is 0 Å². The Balaban J connectivity index is 1.64. The Morgan fingerprint density at radius 3 is 1.87 bits per heavy atom. The zero-order valence-electron chi connectivity index (χ0n) is 27.7. The molecular weight excluding hydrogens is 604 g/mol. The number of amides is 2. The highest BCUT2D eigenvalue weighted by Gasteiger charge is 2.58. The van der Waals surface area contributed by atoms with Gasteiger partial charge in [-0.25, -0.2) is 0 Å². The van der Waals surface area contributed by atoms with E-state index in [1.807, 2.05) is 36.4 Å². The van der Waals surface area contributed by atoms with Gasteiger partial charge in [0.2, 0.25) is 11.8 Å². The number of carbonyl (C=O) groups excluding carboxylic acids is 4. The second-order valence-electron chi connectivity index (χ2n) is 11.9. The zero-order valence-corrected chi connectivity index (χ0v) is 28.5. The van der Waals surface area contributed by atoms with E-state index in [0.717, 1.165) is 45.6 Å². The number of nitrogens with one attached hydrogen (secondary N) is 2. The van der Waals surface area contributed by atoms with Crippen LogP contribution in [0.1, 0.15) is 64.5 Å². The van der Waals surface area contributed by atoms with Gasteiger partial charge >= 0.3 is 11.9 Å². The quantitative estimate of drug-likeness (QED) is 0.116. The second kappa shape index (κ2) is 19.3. The van der Waals surface area contributed by atoms with Crippen LogP contribution in [0.3, 0.4) is 0 Å². The molecule has 0 radical (unpaired) electrons. The minimum Gasteiger partial charge on any atom is -0.461 e. The van der Waals surface area contributed by atoms with Gasteiger partial charge in [0.15, 0.2) is 4.93 Å². The number of hydrogen-bond donors (Lipinski definition) is 2. The van der Waals surface area contributed by atoms with Gasteiger partial charge in [0, 0.05) is 79.8 Å². The van der Waals surface area contributed by atoms with Gasteiger partial charge in [-0.05, 0) is 37.1 Å². The Morgan fingerprint density at radius 1 is 0.783 bits per heavy atom. The van der Waals surface area contributed by atoms with E-state index in [9.17, 15) is 19.2 Å². The van der Waals surface area contributed by atoms with E-state index in [2.05, 4.69) is 44.7 Å². The molecule has 1 aliphatic heterocycles. The third-order valence-electron chi connectivity index (χ3n) is 7.69. The summed E-state index contributed by atoms with van der Waals surface area (Å²) in [5.74, 6) is -0.844. The van der Waals surface area contributed by atoms with Crippen LogP contribution in [0.25, 0.3) is 0 Å². The molecule has 0 bridgehead atoms. The molecule has 3 rings (SSSR count). The van der Waals surface area contributed by atoms with Gasteiger partial charge in [0.05, 0.1) is 5.25 Å². The fourth-order valence-electron chi connectivity index (χ4n) is 5.58. The van der Waals surface area contributed by atoms with E-state index in [4.69, 9.17) is 9.47 Å². The predicted molar refractivity (Wildman–Crippen MR) is 181 cm³/mol. The summed E-state index contributed by atoms with van der Waals surface area (Å²) >= 11 is 1.66. The molecule has 2 aromatic rings. The van der Waals surface area contributed by atoms with Crippen LogP contribution in [0.4, 0.5) is 0 Å². The van der Waals surface area contributed by atoms with Crippen LogP contribution in [0.15, 0.2) is 60.7 Å². The van der Waals surface area contributed by atoms with Crippen LogP contribution in [0.2, 0.25) is 0 Å². The number of esters is 2. The van der Waals surface area contributed by atoms with Crippen LogP contribution in [0, 0.1) is 0 Å². The second-order valence-corrected chi connectivity index (χ2v) is 13.4. The molecule has 46 heavy (non-hydrogen) atoms. The van der Waals surface area contributed by atoms with Crippen molar-refractivity contribution >= 4 is 35.5 Å². The average molecular weight is 655 g/mol. The lowest BCUT2D eigenvalue weighted by atomic mass is 10.1. The fraction of sp³-hybridized carbons (Fsp3) is 0.543. The van der Waals surface area contributed by atoms with Crippen molar-refractivity contribution in [2.45, 2.75) is 82.8 Å². The van der Waals surface area contributed by atoms with Gasteiger partial charge in [-0.1, -0.05) is 60.7 Å². The van der Waals surface area contributed by atoms with Gasteiger partial charge in [-0.15, -0.1) is 11.8 Å². The molecule has 252 valence electrons. The molecule has 1 fully saturated rings. The summed E-state index contributed by atoms with van der Waals surface area (Å²) < 4.78 is 11.4. The lowest BCUT2D eigenvalue weighted by molar-refractivity contribution is -0.148. The summed E-state index contributed by atoms with van der Waals surface area (Å²) in [5.41, 5.74) is 2.40. The predicted octanol–water partition coefficient (Wildman–Crippen LogP) is 4.13. The molecule has 2 aromatic carbocycles. The lowest BCUT2D eigenvalue weighted by Crippen LogP contribution is -2.38. The molecule has 3 atom stereocenters. The third-order valence-corrected chi connectivity index (χ3v) is 9.23. The molecule has 0 saturated carbocycles. The summed E-state index contributed by atoms with van der Waals surface area (Å²) in [7, 11) is 0. The summed E-state index contributed by atoms with van der Waals surface area (Å²) in [6.45, 7) is 11.2. The van der Waals surface area contributed by atoms with Crippen molar-refractivity contribution in [3.63, 3.8) is 0 Å². The minimum absolute atomic E-state index is 0.0981. The summed E-state index contributed by atoms with van der Waals surface area (Å²) in [5, 5.41) is 5.76. The zero-order chi connectivity index (χ0) is 33.4. The van der Waals surface area contributed by atoms with Gasteiger partial charge in [-0.2, -0.15) is 0 Å². The van der Waals surface area contributed by atoms with E-state index >= 15 is 0 Å². The van der Waals surface area contributed by atoms with Crippen molar-refractivity contribution in [3.05, 3.63) is 71.8 Å². The molecule has 0 aromatic heterocycles. The number of carbonyl (C=O) groups is 4. The van der Waals surface area contributed by atoms with Crippen molar-refractivity contribution in [2.75, 3.05) is 39.3 Å². The molecule has 0 spiro atoms. The Hall–Kier alpha value is -3.41. The van der Waals surface area contributed by atoms with Crippen LogP contribution in [-0.4, -0.2) is 89.1 Å². The topological polar surface area (TPSA) is 117 Å². The van der Waals surface area contributed by atoms with E-state index in [1.165, 1.54) is 38.8 Å². The molecule has 2 amide bonds. The first-order valence-corrected chi connectivity index (χ1v) is 17.0. The first-order valence-electron chi connectivity index (χ1n) is 16.1. The maximum atomic E-state index is 12.0. The Morgan fingerprint density at radius 2 is 1.33 bits per heavy atom. The van der Waals surface area contributed by atoms with Crippen molar-refractivity contribution in [2.24, 2.45) is 0 Å². The third kappa shape index (κ3) is 14.3. The molecule has 1 aliphatic rings. The van der Waals surface area contributed by atoms with Gasteiger partial charge in [0.1, 0.15) is 6.10 Å². The van der Waals surface area contributed by atoms with Gasteiger partial charge < -0.3 is 20.1 Å². The first kappa shape index (κ1) is 37.1. The van der Waals surface area contributed by atoms with Crippen molar-refractivity contribution in [3.8, 4) is 0 Å². The molecule has 10 nitrogen and oxygen atoms in total. The molecule has 11 heteroatoms. The smallest absolute Gasteiger partial charge is 0.304 e. The number of ether oxygens (including phenoxy) is 2. The van der Waals surface area contributed by atoms with Crippen LogP contribution in [-0.2, 0) is 41.7 Å². The summed E-state index contributed by atoms with van der Waals surface area (Å²) in [4.78, 5) is 50.8. The Labute approximate surface area is 277 Å². The largest absolute Gasteiger partial charge is 0.461 e. The highest BCUT2D eigenvalue weighted by molar-refractivity contribution is 8.08. The first-order chi connectivity index (χ1) is 22.0. The van der Waals surface area contributed by atoms with Crippen LogP contribution < -0.4 is 10.6 Å². The molecular formula is C35H50N4O6S. The number of unbranched alkanes of at least 4 members (excludes halogenated alkanes) is 1. The molecule has 2 N–H and O–H groups in total. The highest BCUT2D eigenvalue weighted by atomic mass is 32.2. The maximum absolute atomic E-state index is 12.0. The van der Waals surface area contributed by atoms with Crippen molar-refractivity contribution < 1.29 is 28.7 Å². The molecule has 1 heterocycles. The monoisotopic (exact) mass is 654 g/mol. The summed E-state index contributed by atoms with van der Waals surface area (Å²) in [6, 6.07) is 20.6. The van der Waals surface area contributed by atoms with Crippen molar-refractivity contribution in [1.82, 2.24) is 20.4 Å². The SMILES string of the molecule is CC(=O)NCC[C@@H](CN(CCCCN(Cc1ccccc1)CC1S[C@]1(CCNC(C)=O)OC(C)=O)Cc1ccccc1)OC(C)=O. The van der Waals surface area contributed by atoms with E-state index in [1.54, 1.807) is 11.8 Å². The maximum Gasteiger partial charge on any atom is 0.304 e. The number of benzene rings is 2. The molecule has 0 aliphatic carbocycles. The minimum atomic E-state index is -0.612. The lowest BCUT2D eigenvalue weighted by Gasteiger charge is -2.28. The Kier molecular flexibility index (Phi) is 15.5. The van der Waals surface area contributed by atoms with Crippen molar-refractivity contribution in [1.29, 1.82) is 0 Å². The van der Waals surface area contributed by atoms with E-state index in [0.29, 0.717) is 32.5 Å². The van der Waals surface area contributed by atoms with E-state index in [-0.39, 0.29) is 35.1 Å². The standard InChI is InChI=1S/C35H50N4O6S/c1-27(40)36-19-17-33(44-29(3)42)25-38(23-31-13-7-5-8-14-31)21-11-12-22-39(24-32-15-9-6-10-16-32)26-34-35(46-34,45-30(4)43)18-20-37-28(2)41/h5-10,13-16,33-34H,11-12,17-26H2,1-4H3,(H,36,40)(H,37,41)/t33-,34?,35-/m0/s1. The highest BCUT2D eigenvalue weighted by Crippen LogP contribution is 2.57. The number of thioether (sulfide) groups is 1. The normalized spacial score (nSPS) is 17.7.